The van der Waals surface area contributed by atoms with Crippen LogP contribution >= 0.6 is 0 Å². The highest BCUT2D eigenvalue weighted by Gasteiger charge is 2.24. The molecule has 9 heteroatoms. The van der Waals surface area contributed by atoms with Gasteiger partial charge in [-0.25, -0.2) is 9.18 Å². The fourth-order valence-electron chi connectivity index (χ4n) is 4.27. The van der Waals surface area contributed by atoms with Crippen LogP contribution in [0, 0.1) is 5.82 Å². The molecule has 0 aromatic heterocycles. The maximum absolute atomic E-state index is 13.9. The molecule has 2 aliphatic heterocycles. The molecule has 0 atom stereocenters. The Kier molecular flexibility index (Phi) is 6.88. The fraction of sp³-hybridized carbons (Fsp3) is 0.375. The second kappa shape index (κ2) is 9.99. The monoisotopic (exact) mass is 454 g/mol. The maximum Gasteiger partial charge on any atom is 0.337 e. The number of carboxylic acid groups (broad SMARTS) is 1. The summed E-state index contributed by atoms with van der Waals surface area (Å²) in [6, 6.07) is 10.3. The number of carboxylic acids is 1. The van der Waals surface area contributed by atoms with E-state index in [1.54, 1.807) is 6.07 Å². The van der Waals surface area contributed by atoms with Crippen molar-refractivity contribution in [1.82, 2.24) is 9.80 Å². The Morgan fingerprint density at radius 1 is 0.909 bits per heavy atom. The summed E-state index contributed by atoms with van der Waals surface area (Å²) in [6.45, 7) is 4.82. The van der Waals surface area contributed by atoms with Crippen LogP contribution in [-0.2, 0) is 4.79 Å². The van der Waals surface area contributed by atoms with Gasteiger partial charge < -0.3 is 20.2 Å². The molecule has 0 radical (unpaired) electrons. The molecule has 2 amide bonds. The zero-order valence-corrected chi connectivity index (χ0v) is 18.3. The fourth-order valence-corrected chi connectivity index (χ4v) is 4.27. The van der Waals surface area contributed by atoms with Gasteiger partial charge in [0.05, 0.1) is 23.4 Å². The minimum Gasteiger partial charge on any atom is -0.478 e. The molecule has 0 aliphatic carbocycles. The zero-order chi connectivity index (χ0) is 23.4. The van der Waals surface area contributed by atoms with Crippen LogP contribution in [0.3, 0.4) is 0 Å². The quantitative estimate of drug-likeness (QED) is 0.697. The van der Waals surface area contributed by atoms with Crippen molar-refractivity contribution in [3.05, 3.63) is 59.4 Å². The van der Waals surface area contributed by atoms with Crippen molar-refractivity contribution in [1.29, 1.82) is 0 Å². The molecule has 2 N–H and O–H groups in total. The van der Waals surface area contributed by atoms with Crippen LogP contribution in [0.2, 0.25) is 0 Å². The van der Waals surface area contributed by atoms with Gasteiger partial charge in [0.2, 0.25) is 5.91 Å². The summed E-state index contributed by atoms with van der Waals surface area (Å²) in [4.78, 5) is 42.8. The van der Waals surface area contributed by atoms with Gasteiger partial charge >= 0.3 is 5.97 Å². The number of benzene rings is 2. The summed E-state index contributed by atoms with van der Waals surface area (Å²) >= 11 is 0. The molecule has 33 heavy (non-hydrogen) atoms. The van der Waals surface area contributed by atoms with Crippen LogP contribution in [0.25, 0.3) is 0 Å². The van der Waals surface area contributed by atoms with E-state index < -0.39 is 17.7 Å². The van der Waals surface area contributed by atoms with Crippen molar-refractivity contribution in [2.24, 2.45) is 0 Å². The van der Waals surface area contributed by atoms with Crippen molar-refractivity contribution in [3.63, 3.8) is 0 Å². The van der Waals surface area contributed by atoms with Gasteiger partial charge in [0.25, 0.3) is 5.91 Å². The molecule has 8 nitrogen and oxygen atoms in total. The van der Waals surface area contributed by atoms with Crippen LogP contribution in [0.15, 0.2) is 42.5 Å². The number of likely N-dealkylation sites (tertiary alicyclic amines) is 1. The summed E-state index contributed by atoms with van der Waals surface area (Å²) in [6.07, 6.45) is 2.14. The average molecular weight is 455 g/mol. The van der Waals surface area contributed by atoms with E-state index in [2.05, 4.69) is 15.1 Å². The SMILES string of the molecule is O=C(Nc1ccc(N2CCN(CC(=O)N3CCCC3)CC2)cc1C(=O)O)c1ccccc1F. The highest BCUT2D eigenvalue weighted by atomic mass is 19.1. The molecule has 4 rings (SSSR count). The van der Waals surface area contributed by atoms with Crippen LogP contribution in [0.1, 0.15) is 33.6 Å². The molecule has 0 bridgehead atoms. The molecular formula is C24H27FN4O4. The number of nitrogens with one attached hydrogen (secondary N) is 1. The third-order valence-corrected chi connectivity index (χ3v) is 6.16. The van der Waals surface area contributed by atoms with Crippen LogP contribution < -0.4 is 10.2 Å². The van der Waals surface area contributed by atoms with Gasteiger partial charge in [-0.1, -0.05) is 12.1 Å². The first-order valence-electron chi connectivity index (χ1n) is 11.1. The Morgan fingerprint density at radius 2 is 1.61 bits per heavy atom. The molecule has 2 aromatic carbocycles. The van der Waals surface area contributed by atoms with Gasteiger partial charge in [-0.05, 0) is 43.2 Å². The Hall–Kier alpha value is -3.46. The summed E-state index contributed by atoms with van der Waals surface area (Å²) in [5.74, 6) is -2.40. The van der Waals surface area contributed by atoms with Gasteiger partial charge in [0, 0.05) is 45.0 Å². The second-order valence-corrected chi connectivity index (χ2v) is 8.32. The van der Waals surface area contributed by atoms with E-state index in [0.29, 0.717) is 32.7 Å². The highest BCUT2D eigenvalue weighted by molar-refractivity contribution is 6.08. The number of hydrogen-bond acceptors (Lipinski definition) is 5. The van der Waals surface area contributed by atoms with Crippen LogP contribution in [0.4, 0.5) is 15.8 Å². The molecule has 2 aliphatic rings. The normalized spacial score (nSPS) is 16.6. The van der Waals surface area contributed by atoms with Gasteiger partial charge in [-0.15, -0.1) is 0 Å². The lowest BCUT2D eigenvalue weighted by atomic mass is 10.1. The number of carbonyl (C=O) groups is 3. The number of aromatic carboxylic acids is 1. The molecule has 2 saturated heterocycles. The lowest BCUT2D eigenvalue weighted by Gasteiger charge is -2.36. The summed E-state index contributed by atoms with van der Waals surface area (Å²) < 4.78 is 13.9. The largest absolute Gasteiger partial charge is 0.478 e. The topological polar surface area (TPSA) is 93.2 Å². The third-order valence-electron chi connectivity index (χ3n) is 6.16. The lowest BCUT2D eigenvalue weighted by Crippen LogP contribution is -2.49. The number of hydrogen-bond donors (Lipinski definition) is 2. The number of carbonyl (C=O) groups excluding carboxylic acids is 2. The molecule has 2 fully saturated rings. The van der Waals surface area contributed by atoms with E-state index in [1.807, 2.05) is 4.90 Å². The predicted octanol–water partition coefficient (Wildman–Crippen LogP) is 2.52. The number of nitrogens with zero attached hydrogens (tertiary/aromatic N) is 3. The average Bonchev–Trinajstić information content (AvgIpc) is 3.35. The van der Waals surface area contributed by atoms with Crippen LogP contribution in [0.5, 0.6) is 0 Å². The molecule has 174 valence electrons. The Balaban J connectivity index is 1.40. The number of piperazine rings is 1. The van der Waals surface area contributed by atoms with Gasteiger partial charge in [-0.3, -0.25) is 14.5 Å². The number of rotatable bonds is 6. The molecule has 2 aromatic rings. The first kappa shape index (κ1) is 22.7. The Labute approximate surface area is 191 Å². The van der Waals surface area contributed by atoms with E-state index in [0.717, 1.165) is 31.6 Å². The standard InChI is InChI=1S/C24H27FN4O4/c25-20-6-2-1-5-18(20)23(31)26-21-8-7-17(15-19(21)24(32)33)28-13-11-27(12-14-28)16-22(30)29-9-3-4-10-29/h1-2,5-8,15H,3-4,9-14,16H2,(H,26,31)(H,32,33). The smallest absolute Gasteiger partial charge is 0.337 e. The molecule has 0 saturated carbocycles. The second-order valence-electron chi connectivity index (χ2n) is 8.32. The van der Waals surface area contributed by atoms with Crippen molar-refractivity contribution < 1.29 is 23.9 Å². The van der Waals surface area contributed by atoms with Crippen molar-refractivity contribution in [2.75, 3.05) is 56.0 Å². The van der Waals surface area contributed by atoms with E-state index in [9.17, 15) is 23.9 Å². The Bertz CT molecular complexity index is 1050. The van der Waals surface area contributed by atoms with E-state index in [1.165, 1.54) is 36.4 Å². The summed E-state index contributed by atoms with van der Waals surface area (Å²) in [5.41, 5.74) is 0.609. The third kappa shape index (κ3) is 5.31. The zero-order valence-electron chi connectivity index (χ0n) is 18.3. The van der Waals surface area contributed by atoms with E-state index >= 15 is 0 Å². The van der Waals surface area contributed by atoms with Crippen LogP contribution in [-0.4, -0.2) is 78.5 Å². The summed E-state index contributed by atoms with van der Waals surface area (Å²) in [5, 5.41) is 12.2. The Morgan fingerprint density at radius 3 is 2.27 bits per heavy atom. The first-order chi connectivity index (χ1) is 15.9. The first-order valence-corrected chi connectivity index (χ1v) is 11.1. The summed E-state index contributed by atoms with van der Waals surface area (Å²) in [7, 11) is 0. The van der Waals surface area contributed by atoms with Crippen molar-refractivity contribution in [2.45, 2.75) is 12.8 Å². The van der Waals surface area contributed by atoms with E-state index in [-0.39, 0.29) is 22.7 Å². The minimum absolute atomic E-state index is 0.0659. The predicted molar refractivity (Wildman–Crippen MR) is 122 cm³/mol. The van der Waals surface area contributed by atoms with Gasteiger partial charge in [-0.2, -0.15) is 0 Å². The van der Waals surface area contributed by atoms with Crippen molar-refractivity contribution in [3.8, 4) is 0 Å². The number of halogens is 1. The molecule has 2 heterocycles. The maximum atomic E-state index is 13.9. The van der Waals surface area contributed by atoms with Crippen molar-refractivity contribution >= 4 is 29.2 Å². The van der Waals surface area contributed by atoms with Gasteiger partial charge in [0.15, 0.2) is 0 Å². The molecular weight excluding hydrogens is 427 g/mol. The molecule has 0 spiro atoms. The van der Waals surface area contributed by atoms with E-state index in [4.69, 9.17) is 0 Å². The number of anilines is 2. The number of amides is 2. The van der Waals surface area contributed by atoms with Gasteiger partial charge in [0.1, 0.15) is 5.82 Å². The molecule has 0 unspecified atom stereocenters. The highest BCUT2D eigenvalue weighted by Crippen LogP contribution is 2.25. The lowest BCUT2D eigenvalue weighted by molar-refractivity contribution is -0.131. The minimum atomic E-state index is -1.18.